The molecule has 166 valence electrons. The maximum Gasteiger partial charge on any atom is 0.261 e. The van der Waals surface area contributed by atoms with Gasteiger partial charge in [-0.3, -0.25) is 4.79 Å². The third kappa shape index (κ3) is 4.99. The molecule has 2 aromatic rings. The fourth-order valence-electron chi connectivity index (χ4n) is 4.81. The van der Waals surface area contributed by atoms with Gasteiger partial charge in [-0.05, 0) is 54.2 Å². The zero-order chi connectivity index (χ0) is 22.0. The van der Waals surface area contributed by atoms with Gasteiger partial charge >= 0.3 is 0 Å². The predicted octanol–water partition coefficient (Wildman–Crippen LogP) is 6.09. The Morgan fingerprint density at radius 3 is 2.45 bits per heavy atom. The van der Waals surface area contributed by atoms with E-state index in [9.17, 15) is 18.8 Å². The maximum absolute atomic E-state index is 14.9. The molecular formula is C24H27BrF2N2O2. The van der Waals surface area contributed by atoms with Crippen LogP contribution in [0.3, 0.4) is 0 Å². The molecule has 1 amide bonds. The van der Waals surface area contributed by atoms with Gasteiger partial charge in [0.1, 0.15) is 23.4 Å². The van der Waals surface area contributed by atoms with Crippen molar-refractivity contribution in [3.05, 3.63) is 69.2 Å². The quantitative estimate of drug-likeness (QED) is 0.549. The molecule has 1 aliphatic carbocycles. The molecule has 1 saturated carbocycles. The van der Waals surface area contributed by atoms with Gasteiger partial charge < -0.3 is 10.1 Å². The summed E-state index contributed by atoms with van der Waals surface area (Å²) in [5, 5.41) is 11.3. The van der Waals surface area contributed by atoms with Crippen LogP contribution in [-0.2, 0) is 6.42 Å². The van der Waals surface area contributed by atoms with Crippen molar-refractivity contribution in [1.29, 1.82) is 0 Å². The molecule has 4 rings (SSSR count). The largest absolute Gasteiger partial charge is 0.315 e. The summed E-state index contributed by atoms with van der Waals surface area (Å²) in [5.41, 5.74) is 0.690. The number of aryl methyl sites for hydroxylation is 1. The third-order valence-corrected chi connectivity index (χ3v) is 6.93. The number of carbonyl (C=O) groups excluding carboxylic acids is 1. The number of benzene rings is 2. The Labute approximate surface area is 189 Å². The lowest BCUT2D eigenvalue weighted by Crippen LogP contribution is -2.35. The van der Waals surface area contributed by atoms with E-state index in [4.69, 9.17) is 0 Å². The summed E-state index contributed by atoms with van der Waals surface area (Å²) < 4.78 is 30.6. The van der Waals surface area contributed by atoms with E-state index >= 15 is 0 Å². The molecule has 7 heteroatoms. The lowest BCUT2D eigenvalue weighted by molar-refractivity contribution is -0.122. The summed E-state index contributed by atoms with van der Waals surface area (Å²) in [7, 11) is 0. The highest BCUT2D eigenvalue weighted by molar-refractivity contribution is 9.10. The standard InChI is InChI=1S/C24H27BrF2N2O2/c25-19-8-4-7-18(15-19)23-28(11-12-29(23)31)24(30)22-20(26)13-17(14-21(22)27)10-9-16-5-2-1-3-6-16/h4,7-8,13-16,23,31H,1-3,5-6,9-12H2. The van der Waals surface area contributed by atoms with Crippen molar-refractivity contribution in [2.45, 2.75) is 51.1 Å². The Morgan fingerprint density at radius 1 is 1.06 bits per heavy atom. The fourth-order valence-corrected chi connectivity index (χ4v) is 5.23. The molecular weight excluding hydrogens is 466 g/mol. The second-order valence-corrected chi connectivity index (χ2v) is 9.48. The van der Waals surface area contributed by atoms with Gasteiger partial charge in [-0.25, -0.2) is 8.78 Å². The van der Waals surface area contributed by atoms with E-state index in [1.54, 1.807) is 18.2 Å². The van der Waals surface area contributed by atoms with Crippen LogP contribution < -0.4 is 0 Å². The Morgan fingerprint density at radius 2 is 1.77 bits per heavy atom. The number of halogens is 3. The molecule has 2 aliphatic rings. The van der Waals surface area contributed by atoms with E-state index in [1.165, 1.54) is 49.1 Å². The van der Waals surface area contributed by atoms with Crippen molar-refractivity contribution in [3.8, 4) is 0 Å². The Hall–Kier alpha value is -1.83. The molecule has 0 radical (unpaired) electrons. The van der Waals surface area contributed by atoms with Crippen LogP contribution >= 0.6 is 15.9 Å². The molecule has 1 N–H and O–H groups in total. The molecule has 0 aromatic heterocycles. The van der Waals surface area contributed by atoms with Crippen LogP contribution in [0.4, 0.5) is 8.78 Å². The molecule has 0 bridgehead atoms. The molecule has 2 aromatic carbocycles. The van der Waals surface area contributed by atoms with E-state index in [1.807, 2.05) is 6.07 Å². The molecule has 1 atom stereocenters. The topological polar surface area (TPSA) is 43.8 Å². The molecule has 31 heavy (non-hydrogen) atoms. The predicted molar refractivity (Wildman–Crippen MR) is 118 cm³/mol. The zero-order valence-corrected chi connectivity index (χ0v) is 19.0. The van der Waals surface area contributed by atoms with Crippen molar-refractivity contribution >= 4 is 21.8 Å². The van der Waals surface area contributed by atoms with Crippen LogP contribution in [0.25, 0.3) is 0 Å². The number of hydrogen-bond donors (Lipinski definition) is 1. The number of nitrogens with zero attached hydrogens (tertiary/aromatic N) is 2. The number of hydroxylamine groups is 2. The fraction of sp³-hybridized carbons (Fsp3) is 0.458. The van der Waals surface area contributed by atoms with Crippen LogP contribution in [0.15, 0.2) is 40.9 Å². The first kappa shape index (κ1) is 22.4. The normalized spacial score (nSPS) is 20.4. The maximum atomic E-state index is 14.9. The van der Waals surface area contributed by atoms with Crippen molar-refractivity contribution < 1.29 is 18.8 Å². The number of carbonyl (C=O) groups is 1. The van der Waals surface area contributed by atoms with Crippen LogP contribution in [0.1, 0.15) is 66.2 Å². The molecule has 0 spiro atoms. The minimum absolute atomic E-state index is 0.175. The monoisotopic (exact) mass is 492 g/mol. The minimum atomic E-state index is -0.840. The number of hydrogen-bond acceptors (Lipinski definition) is 3. The lowest BCUT2D eigenvalue weighted by Gasteiger charge is -2.28. The summed E-state index contributed by atoms with van der Waals surface area (Å²) in [6.07, 6.45) is 6.85. The summed E-state index contributed by atoms with van der Waals surface area (Å²) in [6.45, 7) is 0.375. The Balaban J connectivity index is 1.53. The summed E-state index contributed by atoms with van der Waals surface area (Å²) >= 11 is 3.38. The first-order valence-corrected chi connectivity index (χ1v) is 11.7. The van der Waals surface area contributed by atoms with Gasteiger partial charge in [0.15, 0.2) is 0 Å². The van der Waals surface area contributed by atoms with Gasteiger partial charge in [0.2, 0.25) is 0 Å². The molecule has 1 heterocycles. The summed E-state index contributed by atoms with van der Waals surface area (Å²) in [4.78, 5) is 14.4. The number of rotatable bonds is 5. The highest BCUT2D eigenvalue weighted by Gasteiger charge is 2.38. The summed E-state index contributed by atoms with van der Waals surface area (Å²) in [5.74, 6) is -1.82. The van der Waals surface area contributed by atoms with Crippen LogP contribution in [-0.4, -0.2) is 34.2 Å². The van der Waals surface area contributed by atoms with Gasteiger partial charge in [0.25, 0.3) is 5.91 Å². The van der Waals surface area contributed by atoms with Gasteiger partial charge in [0.05, 0.1) is 0 Å². The number of amides is 1. The molecule has 2 fully saturated rings. The smallest absolute Gasteiger partial charge is 0.261 e. The van der Waals surface area contributed by atoms with Crippen LogP contribution in [0.5, 0.6) is 0 Å². The first-order chi connectivity index (χ1) is 14.9. The Kier molecular flexibility index (Phi) is 7.04. The lowest BCUT2D eigenvalue weighted by atomic mass is 9.85. The SMILES string of the molecule is O=C(c1c(F)cc(CCC2CCCCC2)cc1F)N1CCN(O)C1c1cccc(Br)c1. The highest BCUT2D eigenvalue weighted by Crippen LogP contribution is 2.33. The van der Waals surface area contributed by atoms with Gasteiger partial charge in [-0.15, -0.1) is 0 Å². The minimum Gasteiger partial charge on any atom is -0.315 e. The van der Waals surface area contributed by atoms with E-state index < -0.39 is 29.3 Å². The van der Waals surface area contributed by atoms with Gasteiger partial charge in [-0.2, -0.15) is 5.06 Å². The second kappa shape index (κ2) is 9.76. The highest BCUT2D eigenvalue weighted by atomic mass is 79.9. The molecule has 1 saturated heterocycles. The van der Waals surface area contributed by atoms with E-state index in [0.29, 0.717) is 23.5 Å². The van der Waals surface area contributed by atoms with Gasteiger partial charge in [0, 0.05) is 17.6 Å². The van der Waals surface area contributed by atoms with Crippen molar-refractivity contribution in [1.82, 2.24) is 9.96 Å². The van der Waals surface area contributed by atoms with Crippen LogP contribution in [0, 0.1) is 17.6 Å². The average Bonchev–Trinajstić information content (AvgIpc) is 3.14. The Bertz CT molecular complexity index is 926. The molecule has 4 nitrogen and oxygen atoms in total. The van der Waals surface area contributed by atoms with Crippen molar-refractivity contribution in [2.24, 2.45) is 5.92 Å². The second-order valence-electron chi connectivity index (χ2n) is 8.57. The van der Waals surface area contributed by atoms with Gasteiger partial charge in [-0.1, -0.05) is 60.2 Å². The molecule has 1 unspecified atom stereocenters. The first-order valence-electron chi connectivity index (χ1n) is 10.9. The van der Waals surface area contributed by atoms with E-state index in [-0.39, 0.29) is 13.1 Å². The van der Waals surface area contributed by atoms with Crippen LogP contribution in [0.2, 0.25) is 0 Å². The summed E-state index contributed by atoms with van der Waals surface area (Å²) in [6, 6.07) is 9.75. The third-order valence-electron chi connectivity index (χ3n) is 6.44. The molecule has 1 aliphatic heterocycles. The van der Waals surface area contributed by atoms with Crippen molar-refractivity contribution in [3.63, 3.8) is 0 Å². The van der Waals surface area contributed by atoms with E-state index in [2.05, 4.69) is 15.9 Å². The van der Waals surface area contributed by atoms with E-state index in [0.717, 1.165) is 16.0 Å². The zero-order valence-electron chi connectivity index (χ0n) is 17.4. The van der Waals surface area contributed by atoms with Crippen molar-refractivity contribution in [2.75, 3.05) is 13.1 Å². The average molecular weight is 493 g/mol.